The number of hydrogen-bond donors (Lipinski definition) is 1. The Morgan fingerprint density at radius 3 is 2.61 bits per heavy atom. The first-order valence-corrected chi connectivity index (χ1v) is 7.66. The lowest BCUT2D eigenvalue weighted by atomic mass is 10.2. The molecule has 1 atom stereocenters. The highest BCUT2D eigenvalue weighted by molar-refractivity contribution is 9.10. The van der Waals surface area contributed by atoms with Gasteiger partial charge in [0.25, 0.3) is 0 Å². The first kappa shape index (κ1) is 15.9. The molecule has 0 aromatic heterocycles. The first-order chi connectivity index (χ1) is 7.91. The summed E-state index contributed by atoms with van der Waals surface area (Å²) < 4.78 is 27.0. The highest BCUT2D eigenvalue weighted by atomic mass is 79.9. The van der Waals surface area contributed by atoms with E-state index < -0.39 is 10.0 Å². The van der Waals surface area contributed by atoms with Crippen LogP contribution in [0.5, 0.6) is 0 Å². The lowest BCUT2D eigenvalue weighted by molar-refractivity contribution is 0.472. The molecule has 2 N–H and O–H groups in total. The maximum Gasteiger partial charge on any atom is 0.243 e. The van der Waals surface area contributed by atoms with Gasteiger partial charge >= 0.3 is 0 Å². The van der Waals surface area contributed by atoms with Crippen LogP contribution in [0.4, 0.5) is 0 Å². The Hall–Kier alpha value is -0.140. The summed E-state index contributed by atoms with van der Waals surface area (Å²) in [5.74, 6) is 0. The number of nitrogens with two attached hydrogens (primary N) is 1. The van der Waals surface area contributed by atoms with Gasteiger partial charge in [-0.2, -0.15) is 4.31 Å². The minimum atomic E-state index is -3.38. The van der Waals surface area contributed by atoms with E-state index in [0.717, 1.165) is 16.5 Å². The van der Waals surface area contributed by atoms with Crippen LogP contribution in [0.15, 0.2) is 27.6 Å². The van der Waals surface area contributed by atoms with Crippen LogP contribution in [-0.4, -0.2) is 31.9 Å². The topological polar surface area (TPSA) is 63.4 Å². The largest absolute Gasteiger partial charge is 0.326 e. The van der Waals surface area contributed by atoms with Crippen molar-refractivity contribution in [2.45, 2.75) is 24.3 Å². The van der Waals surface area contributed by atoms with Crippen molar-refractivity contribution in [3.8, 4) is 0 Å². The average molecular weight is 356 g/mol. The van der Waals surface area contributed by atoms with Crippen molar-refractivity contribution in [1.82, 2.24) is 4.31 Å². The van der Waals surface area contributed by atoms with Crippen LogP contribution in [-0.2, 0) is 10.0 Å². The maximum atomic E-state index is 12.3. The van der Waals surface area contributed by atoms with Gasteiger partial charge in [-0.15, -0.1) is 12.4 Å². The van der Waals surface area contributed by atoms with Gasteiger partial charge in [0.1, 0.15) is 0 Å². The summed E-state index contributed by atoms with van der Waals surface area (Å²) in [4.78, 5) is 0.340. The molecule has 0 saturated carbocycles. The van der Waals surface area contributed by atoms with Gasteiger partial charge in [0.2, 0.25) is 10.0 Å². The predicted octanol–water partition coefficient (Wildman–Crippen LogP) is 1.90. The van der Waals surface area contributed by atoms with Gasteiger partial charge in [-0.3, -0.25) is 0 Å². The Bertz CT molecular complexity index is 536. The lowest BCUT2D eigenvalue weighted by Crippen LogP contribution is -2.32. The standard InChI is InChI=1S/C11H15BrN2O2S.ClH/c1-8-6-10(2-3-11(8)12)17(15,16)14-5-4-9(13)7-14;/h2-3,6,9H,4-5,7,13H2,1H3;1H/t9-;/m0./s1. The van der Waals surface area contributed by atoms with E-state index in [2.05, 4.69) is 15.9 Å². The first-order valence-electron chi connectivity index (χ1n) is 5.43. The van der Waals surface area contributed by atoms with Gasteiger partial charge in [-0.05, 0) is 37.1 Å². The summed E-state index contributed by atoms with van der Waals surface area (Å²) in [5, 5.41) is 0. The molecular weight excluding hydrogens is 340 g/mol. The monoisotopic (exact) mass is 354 g/mol. The third-order valence-corrected chi connectivity index (χ3v) is 5.71. The third kappa shape index (κ3) is 3.05. The van der Waals surface area contributed by atoms with Gasteiger partial charge in [0.15, 0.2) is 0 Å². The number of benzene rings is 1. The molecule has 1 aliphatic heterocycles. The number of rotatable bonds is 2. The smallest absolute Gasteiger partial charge is 0.243 e. The summed E-state index contributed by atoms with van der Waals surface area (Å²) in [6.45, 7) is 2.80. The average Bonchev–Trinajstić information content (AvgIpc) is 2.69. The van der Waals surface area contributed by atoms with E-state index >= 15 is 0 Å². The number of aryl methyl sites for hydroxylation is 1. The molecular formula is C11H16BrClN2O2S. The second-order valence-electron chi connectivity index (χ2n) is 4.32. The molecule has 0 bridgehead atoms. The fraction of sp³-hybridized carbons (Fsp3) is 0.455. The number of halogens is 2. The summed E-state index contributed by atoms with van der Waals surface area (Å²) in [6.07, 6.45) is 0.731. The fourth-order valence-electron chi connectivity index (χ4n) is 1.90. The highest BCUT2D eigenvalue weighted by Gasteiger charge is 2.30. The minimum absolute atomic E-state index is 0. The Balaban J connectivity index is 0.00000162. The van der Waals surface area contributed by atoms with Crippen molar-refractivity contribution < 1.29 is 8.42 Å². The molecule has 1 aromatic rings. The van der Waals surface area contributed by atoms with Crippen molar-refractivity contribution in [3.05, 3.63) is 28.2 Å². The summed E-state index contributed by atoms with van der Waals surface area (Å²) in [7, 11) is -3.38. The molecule has 1 saturated heterocycles. The Morgan fingerprint density at radius 1 is 1.44 bits per heavy atom. The zero-order valence-corrected chi connectivity index (χ0v) is 13.2. The maximum absolute atomic E-state index is 12.3. The molecule has 18 heavy (non-hydrogen) atoms. The van der Waals surface area contributed by atoms with Crippen LogP contribution in [0.2, 0.25) is 0 Å². The Labute approximate surface area is 122 Å². The molecule has 1 aliphatic rings. The molecule has 0 radical (unpaired) electrons. The van der Waals surface area contributed by atoms with E-state index in [1.54, 1.807) is 18.2 Å². The van der Waals surface area contributed by atoms with Crippen LogP contribution in [0.1, 0.15) is 12.0 Å². The summed E-state index contributed by atoms with van der Waals surface area (Å²) in [5.41, 5.74) is 6.65. The molecule has 0 unspecified atom stereocenters. The van der Waals surface area contributed by atoms with Crippen molar-refractivity contribution in [2.24, 2.45) is 5.73 Å². The molecule has 2 rings (SSSR count). The molecule has 0 aliphatic carbocycles. The zero-order chi connectivity index (χ0) is 12.6. The van der Waals surface area contributed by atoms with Crippen molar-refractivity contribution in [1.29, 1.82) is 0 Å². The molecule has 7 heteroatoms. The molecule has 1 aromatic carbocycles. The molecule has 0 spiro atoms. The Morgan fingerprint density at radius 2 is 2.11 bits per heavy atom. The third-order valence-electron chi connectivity index (χ3n) is 2.95. The number of hydrogen-bond acceptors (Lipinski definition) is 3. The second kappa shape index (κ2) is 5.88. The molecule has 1 heterocycles. The second-order valence-corrected chi connectivity index (χ2v) is 7.12. The highest BCUT2D eigenvalue weighted by Crippen LogP contribution is 2.24. The van der Waals surface area contributed by atoms with E-state index in [1.807, 2.05) is 6.92 Å². The summed E-state index contributed by atoms with van der Waals surface area (Å²) >= 11 is 3.36. The van der Waals surface area contributed by atoms with E-state index in [0.29, 0.717) is 18.0 Å². The number of sulfonamides is 1. The van der Waals surface area contributed by atoms with Crippen LogP contribution >= 0.6 is 28.3 Å². The van der Waals surface area contributed by atoms with Crippen LogP contribution in [0.3, 0.4) is 0 Å². The molecule has 0 amide bonds. The van der Waals surface area contributed by atoms with Gasteiger partial charge in [-0.1, -0.05) is 15.9 Å². The van der Waals surface area contributed by atoms with Gasteiger partial charge in [0, 0.05) is 23.6 Å². The quantitative estimate of drug-likeness (QED) is 0.881. The van der Waals surface area contributed by atoms with Crippen LogP contribution in [0, 0.1) is 6.92 Å². The van der Waals surface area contributed by atoms with Crippen molar-refractivity contribution >= 4 is 38.4 Å². The van der Waals surface area contributed by atoms with Crippen molar-refractivity contribution in [2.75, 3.05) is 13.1 Å². The van der Waals surface area contributed by atoms with Crippen molar-refractivity contribution in [3.63, 3.8) is 0 Å². The van der Waals surface area contributed by atoms with Crippen LogP contribution < -0.4 is 5.73 Å². The Kier molecular flexibility index (Phi) is 5.20. The number of nitrogens with zero attached hydrogens (tertiary/aromatic N) is 1. The molecule has 1 fully saturated rings. The van der Waals surface area contributed by atoms with E-state index in [-0.39, 0.29) is 18.4 Å². The summed E-state index contributed by atoms with van der Waals surface area (Å²) in [6, 6.07) is 5.03. The minimum Gasteiger partial charge on any atom is -0.326 e. The fourth-order valence-corrected chi connectivity index (χ4v) is 3.74. The normalized spacial score (nSPS) is 20.7. The van der Waals surface area contributed by atoms with E-state index in [1.165, 1.54) is 4.31 Å². The van der Waals surface area contributed by atoms with Gasteiger partial charge in [0.05, 0.1) is 4.90 Å². The predicted molar refractivity (Wildman–Crippen MR) is 77.5 cm³/mol. The zero-order valence-electron chi connectivity index (χ0n) is 9.97. The molecule has 4 nitrogen and oxygen atoms in total. The van der Waals surface area contributed by atoms with Gasteiger partial charge < -0.3 is 5.73 Å². The van der Waals surface area contributed by atoms with E-state index in [9.17, 15) is 8.42 Å². The lowest BCUT2D eigenvalue weighted by Gasteiger charge is -2.16. The molecule has 102 valence electrons. The van der Waals surface area contributed by atoms with Crippen LogP contribution in [0.25, 0.3) is 0 Å². The van der Waals surface area contributed by atoms with Gasteiger partial charge in [-0.25, -0.2) is 8.42 Å². The van der Waals surface area contributed by atoms with E-state index in [4.69, 9.17) is 5.73 Å². The SMILES string of the molecule is Cc1cc(S(=O)(=O)N2CC[C@H](N)C2)ccc1Br.Cl.